The van der Waals surface area contributed by atoms with E-state index < -0.39 is 0 Å². The number of nitrogens with zero attached hydrogens (tertiary/aromatic N) is 1. The first-order chi connectivity index (χ1) is 7.36. The SMILES string of the molecule is CCCN(CCCF)CC1CCCNC1. The Morgan fingerprint density at radius 2 is 2.27 bits per heavy atom. The van der Waals surface area contributed by atoms with Gasteiger partial charge in [0.2, 0.25) is 0 Å². The van der Waals surface area contributed by atoms with Crippen LogP contribution >= 0.6 is 0 Å². The fourth-order valence-electron chi connectivity index (χ4n) is 2.34. The van der Waals surface area contributed by atoms with Crippen LogP contribution in [0.4, 0.5) is 4.39 Å². The lowest BCUT2D eigenvalue weighted by Gasteiger charge is -2.29. The number of halogens is 1. The molecule has 0 aliphatic carbocycles. The van der Waals surface area contributed by atoms with Crippen LogP contribution in [-0.2, 0) is 0 Å². The molecule has 1 unspecified atom stereocenters. The summed E-state index contributed by atoms with van der Waals surface area (Å²) in [5.41, 5.74) is 0. The van der Waals surface area contributed by atoms with Crippen molar-refractivity contribution in [2.45, 2.75) is 32.6 Å². The van der Waals surface area contributed by atoms with Gasteiger partial charge in [0.1, 0.15) is 0 Å². The Balaban J connectivity index is 2.21. The molecule has 1 saturated heterocycles. The molecule has 0 aromatic heterocycles. The summed E-state index contributed by atoms with van der Waals surface area (Å²) in [4.78, 5) is 2.43. The quantitative estimate of drug-likeness (QED) is 0.701. The fourth-order valence-corrected chi connectivity index (χ4v) is 2.34. The highest BCUT2D eigenvalue weighted by molar-refractivity contribution is 4.72. The molecular weight excluding hydrogens is 191 g/mol. The van der Waals surface area contributed by atoms with Gasteiger partial charge in [-0.1, -0.05) is 6.92 Å². The highest BCUT2D eigenvalue weighted by Gasteiger charge is 2.16. The zero-order valence-corrected chi connectivity index (χ0v) is 9.97. The van der Waals surface area contributed by atoms with E-state index in [1.807, 2.05) is 0 Å². The van der Waals surface area contributed by atoms with Gasteiger partial charge >= 0.3 is 0 Å². The second-order valence-corrected chi connectivity index (χ2v) is 4.56. The maximum absolute atomic E-state index is 12.1. The van der Waals surface area contributed by atoms with Crippen molar-refractivity contribution in [3.63, 3.8) is 0 Å². The minimum Gasteiger partial charge on any atom is -0.316 e. The summed E-state index contributed by atoms with van der Waals surface area (Å²) in [7, 11) is 0. The van der Waals surface area contributed by atoms with Crippen molar-refractivity contribution in [1.82, 2.24) is 10.2 Å². The average molecular weight is 216 g/mol. The second-order valence-electron chi connectivity index (χ2n) is 4.56. The van der Waals surface area contributed by atoms with E-state index in [-0.39, 0.29) is 6.67 Å². The molecule has 90 valence electrons. The largest absolute Gasteiger partial charge is 0.316 e. The lowest BCUT2D eigenvalue weighted by atomic mass is 9.99. The van der Waals surface area contributed by atoms with Gasteiger partial charge in [-0.15, -0.1) is 0 Å². The van der Waals surface area contributed by atoms with E-state index in [4.69, 9.17) is 0 Å². The van der Waals surface area contributed by atoms with Crippen molar-refractivity contribution in [3.8, 4) is 0 Å². The summed E-state index contributed by atoms with van der Waals surface area (Å²) >= 11 is 0. The van der Waals surface area contributed by atoms with E-state index in [0.29, 0.717) is 6.42 Å². The van der Waals surface area contributed by atoms with Crippen molar-refractivity contribution in [2.75, 3.05) is 39.4 Å². The molecule has 2 nitrogen and oxygen atoms in total. The summed E-state index contributed by atoms with van der Waals surface area (Å²) in [6.45, 7) is 7.55. The van der Waals surface area contributed by atoms with Crippen LogP contribution in [0.25, 0.3) is 0 Å². The molecule has 0 amide bonds. The van der Waals surface area contributed by atoms with E-state index in [9.17, 15) is 4.39 Å². The van der Waals surface area contributed by atoms with Crippen LogP contribution in [0.2, 0.25) is 0 Å². The molecule has 0 aromatic carbocycles. The first kappa shape index (κ1) is 12.9. The molecule has 0 bridgehead atoms. The van der Waals surface area contributed by atoms with E-state index in [1.165, 1.54) is 25.8 Å². The first-order valence-electron chi connectivity index (χ1n) is 6.35. The van der Waals surface area contributed by atoms with Crippen molar-refractivity contribution in [1.29, 1.82) is 0 Å². The summed E-state index contributed by atoms with van der Waals surface area (Å²) in [6, 6.07) is 0. The average Bonchev–Trinajstić information content (AvgIpc) is 2.28. The van der Waals surface area contributed by atoms with E-state index >= 15 is 0 Å². The molecule has 15 heavy (non-hydrogen) atoms. The molecule has 0 spiro atoms. The van der Waals surface area contributed by atoms with E-state index in [1.54, 1.807) is 0 Å². The highest BCUT2D eigenvalue weighted by Crippen LogP contribution is 2.12. The Labute approximate surface area is 93.2 Å². The third-order valence-electron chi connectivity index (χ3n) is 3.06. The Kier molecular flexibility index (Phi) is 6.94. The maximum atomic E-state index is 12.1. The van der Waals surface area contributed by atoms with Gasteiger partial charge in [-0.2, -0.15) is 0 Å². The highest BCUT2D eigenvalue weighted by atomic mass is 19.1. The molecule has 1 fully saturated rings. The zero-order chi connectivity index (χ0) is 10.9. The third-order valence-corrected chi connectivity index (χ3v) is 3.06. The lowest BCUT2D eigenvalue weighted by molar-refractivity contribution is 0.201. The Bertz CT molecular complexity index is 147. The summed E-state index contributed by atoms with van der Waals surface area (Å²) in [5.74, 6) is 0.782. The maximum Gasteiger partial charge on any atom is 0.0906 e. The number of rotatable bonds is 7. The standard InChI is InChI=1S/C12H25FN2/c1-2-8-15(9-4-6-13)11-12-5-3-7-14-10-12/h12,14H,2-11H2,1H3. The predicted molar refractivity (Wildman–Crippen MR) is 62.9 cm³/mol. The molecule has 3 heteroatoms. The molecule has 0 saturated carbocycles. The first-order valence-corrected chi connectivity index (χ1v) is 6.35. The molecule has 1 aliphatic rings. The minimum absolute atomic E-state index is 0.177. The van der Waals surface area contributed by atoms with Gasteiger partial charge in [-0.05, 0) is 51.2 Å². The zero-order valence-electron chi connectivity index (χ0n) is 9.97. The normalized spacial score (nSPS) is 22.2. The van der Waals surface area contributed by atoms with Crippen molar-refractivity contribution in [3.05, 3.63) is 0 Å². The second kappa shape index (κ2) is 8.05. The van der Waals surface area contributed by atoms with Crippen LogP contribution in [-0.4, -0.2) is 44.3 Å². The summed E-state index contributed by atoms with van der Waals surface area (Å²) in [5, 5.41) is 3.44. The number of piperidine rings is 1. The number of nitrogens with one attached hydrogen (secondary N) is 1. The number of alkyl halides is 1. The fraction of sp³-hybridized carbons (Fsp3) is 1.00. The third kappa shape index (κ3) is 5.47. The number of hydrogen-bond acceptors (Lipinski definition) is 2. The lowest BCUT2D eigenvalue weighted by Crippen LogP contribution is -2.39. The van der Waals surface area contributed by atoms with Gasteiger partial charge in [0.25, 0.3) is 0 Å². The van der Waals surface area contributed by atoms with Crippen LogP contribution < -0.4 is 5.32 Å². The van der Waals surface area contributed by atoms with E-state index in [2.05, 4.69) is 17.1 Å². The van der Waals surface area contributed by atoms with E-state index in [0.717, 1.165) is 32.1 Å². The Morgan fingerprint density at radius 3 is 2.87 bits per heavy atom. The molecule has 1 aliphatic heterocycles. The monoisotopic (exact) mass is 216 g/mol. The van der Waals surface area contributed by atoms with Crippen LogP contribution in [0.1, 0.15) is 32.6 Å². The van der Waals surface area contributed by atoms with Gasteiger partial charge in [0, 0.05) is 13.1 Å². The number of hydrogen-bond donors (Lipinski definition) is 1. The molecule has 1 atom stereocenters. The minimum atomic E-state index is -0.177. The van der Waals surface area contributed by atoms with Gasteiger partial charge in [-0.25, -0.2) is 0 Å². The molecule has 1 heterocycles. The van der Waals surface area contributed by atoms with Crippen LogP contribution in [0.3, 0.4) is 0 Å². The van der Waals surface area contributed by atoms with Crippen molar-refractivity contribution in [2.24, 2.45) is 5.92 Å². The van der Waals surface area contributed by atoms with Crippen molar-refractivity contribution < 1.29 is 4.39 Å². The van der Waals surface area contributed by atoms with Crippen molar-refractivity contribution >= 4 is 0 Å². The summed E-state index contributed by atoms with van der Waals surface area (Å²) in [6.07, 6.45) is 4.50. The topological polar surface area (TPSA) is 15.3 Å². The molecule has 0 radical (unpaired) electrons. The molecule has 1 N–H and O–H groups in total. The molecular formula is C12H25FN2. The van der Waals surface area contributed by atoms with Crippen LogP contribution in [0.5, 0.6) is 0 Å². The molecule has 1 rings (SSSR count). The van der Waals surface area contributed by atoms with Crippen LogP contribution in [0, 0.1) is 5.92 Å². The predicted octanol–water partition coefficient (Wildman–Crippen LogP) is 2.06. The van der Waals surface area contributed by atoms with Crippen LogP contribution in [0.15, 0.2) is 0 Å². The Hall–Kier alpha value is -0.150. The summed E-state index contributed by atoms with van der Waals surface area (Å²) < 4.78 is 12.1. The van der Waals surface area contributed by atoms with Gasteiger partial charge in [0.15, 0.2) is 0 Å². The van der Waals surface area contributed by atoms with Gasteiger partial charge in [-0.3, -0.25) is 4.39 Å². The molecule has 0 aromatic rings. The Morgan fingerprint density at radius 1 is 1.40 bits per heavy atom. The van der Waals surface area contributed by atoms with Gasteiger partial charge < -0.3 is 10.2 Å². The van der Waals surface area contributed by atoms with Gasteiger partial charge in [0.05, 0.1) is 6.67 Å². The smallest absolute Gasteiger partial charge is 0.0906 e.